The van der Waals surface area contributed by atoms with Gasteiger partial charge in [0.25, 0.3) is 0 Å². The van der Waals surface area contributed by atoms with E-state index in [-0.39, 0.29) is 5.97 Å². The first kappa shape index (κ1) is 13.5. The van der Waals surface area contributed by atoms with Crippen molar-refractivity contribution >= 4 is 5.97 Å². The summed E-state index contributed by atoms with van der Waals surface area (Å²) in [6.45, 7) is 5.64. The van der Waals surface area contributed by atoms with E-state index in [2.05, 4.69) is 4.90 Å². The molecule has 1 rings (SSSR count). The first-order chi connectivity index (χ1) is 7.53. The van der Waals surface area contributed by atoms with Gasteiger partial charge in [-0.2, -0.15) is 0 Å². The maximum absolute atomic E-state index is 11.8. The van der Waals surface area contributed by atoms with Crippen molar-refractivity contribution in [1.29, 1.82) is 0 Å². The van der Waals surface area contributed by atoms with Gasteiger partial charge in [0, 0.05) is 6.54 Å². The lowest BCUT2D eigenvalue weighted by Gasteiger charge is -2.41. The lowest BCUT2D eigenvalue weighted by molar-refractivity contribution is -0.162. The highest BCUT2D eigenvalue weighted by atomic mass is 16.5. The molecular weight excluding hydrogens is 206 g/mol. The van der Waals surface area contributed by atoms with E-state index in [1.165, 1.54) is 0 Å². The molecule has 0 aromatic rings. The van der Waals surface area contributed by atoms with Gasteiger partial charge in [-0.1, -0.05) is 6.92 Å². The Bertz CT molecular complexity index is 244. The lowest BCUT2D eigenvalue weighted by atomic mass is 9.79. The van der Waals surface area contributed by atoms with E-state index in [1.807, 2.05) is 14.0 Å². The van der Waals surface area contributed by atoms with Crippen LogP contribution in [0.1, 0.15) is 33.1 Å². The smallest absolute Gasteiger partial charge is 0.311 e. The summed E-state index contributed by atoms with van der Waals surface area (Å²) < 4.78 is 5.03. The second-order valence-electron chi connectivity index (χ2n) is 4.66. The van der Waals surface area contributed by atoms with Gasteiger partial charge in [-0.05, 0) is 39.8 Å². The van der Waals surface area contributed by atoms with Crippen molar-refractivity contribution in [2.75, 3.05) is 26.7 Å². The third kappa shape index (κ3) is 2.95. The summed E-state index contributed by atoms with van der Waals surface area (Å²) in [5, 5.41) is 10.6. The van der Waals surface area contributed by atoms with E-state index >= 15 is 0 Å². The highest BCUT2D eigenvalue weighted by Crippen LogP contribution is 2.31. The number of aliphatic hydroxyl groups is 1. The van der Waals surface area contributed by atoms with Crippen LogP contribution in [-0.4, -0.2) is 48.3 Å². The molecule has 2 atom stereocenters. The maximum Gasteiger partial charge on any atom is 0.311 e. The fraction of sp³-hybridized carbons (Fsp3) is 0.917. The summed E-state index contributed by atoms with van der Waals surface area (Å²) in [4.78, 5) is 13.9. The van der Waals surface area contributed by atoms with Gasteiger partial charge in [-0.15, -0.1) is 0 Å². The van der Waals surface area contributed by atoms with E-state index in [0.717, 1.165) is 13.0 Å². The number of likely N-dealkylation sites (N-methyl/N-ethyl adjacent to an activating group) is 1. The molecule has 94 valence electrons. The topological polar surface area (TPSA) is 49.8 Å². The van der Waals surface area contributed by atoms with Gasteiger partial charge in [0.05, 0.1) is 18.1 Å². The SMILES string of the molecule is CCOC(=O)C(CC)C1(O)CCCN(C)C1. The molecule has 2 unspecified atom stereocenters. The average Bonchev–Trinajstić information content (AvgIpc) is 2.17. The molecule has 4 heteroatoms. The summed E-state index contributed by atoms with van der Waals surface area (Å²) in [5.74, 6) is -0.655. The van der Waals surface area contributed by atoms with Crippen LogP contribution in [0.5, 0.6) is 0 Å². The minimum atomic E-state index is -0.909. The molecule has 0 aromatic carbocycles. The van der Waals surface area contributed by atoms with Gasteiger partial charge < -0.3 is 14.7 Å². The van der Waals surface area contributed by atoms with Gasteiger partial charge in [0.1, 0.15) is 0 Å². The summed E-state index contributed by atoms with van der Waals surface area (Å²) >= 11 is 0. The van der Waals surface area contributed by atoms with Crippen LogP contribution in [-0.2, 0) is 9.53 Å². The van der Waals surface area contributed by atoms with Crippen LogP contribution in [0.4, 0.5) is 0 Å². The molecule has 0 aromatic heterocycles. The van der Waals surface area contributed by atoms with E-state index in [4.69, 9.17) is 4.74 Å². The Morgan fingerprint density at radius 1 is 1.56 bits per heavy atom. The van der Waals surface area contributed by atoms with E-state index in [0.29, 0.717) is 26.0 Å². The van der Waals surface area contributed by atoms with E-state index in [1.54, 1.807) is 6.92 Å². The van der Waals surface area contributed by atoms with Crippen molar-refractivity contribution in [3.63, 3.8) is 0 Å². The molecule has 0 saturated carbocycles. The molecule has 1 heterocycles. The van der Waals surface area contributed by atoms with Crippen LogP contribution in [0.25, 0.3) is 0 Å². The molecule has 4 nitrogen and oxygen atoms in total. The van der Waals surface area contributed by atoms with Crippen molar-refractivity contribution in [1.82, 2.24) is 4.90 Å². The van der Waals surface area contributed by atoms with Crippen LogP contribution in [0.15, 0.2) is 0 Å². The molecule has 0 radical (unpaired) electrons. The second kappa shape index (κ2) is 5.64. The van der Waals surface area contributed by atoms with Gasteiger partial charge in [-0.25, -0.2) is 0 Å². The van der Waals surface area contributed by atoms with Crippen molar-refractivity contribution in [2.45, 2.75) is 38.7 Å². The standard InChI is InChI=1S/C12H23NO3/c1-4-10(11(14)16-5-2)12(15)7-6-8-13(3)9-12/h10,15H,4-9H2,1-3H3. The zero-order valence-electron chi connectivity index (χ0n) is 10.5. The third-order valence-corrected chi connectivity index (χ3v) is 3.32. The zero-order valence-corrected chi connectivity index (χ0v) is 10.5. The number of β-amino-alcohol motifs (C(OH)–C–C–N with tert-alkyl or cyclic N) is 1. The predicted octanol–water partition coefficient (Wildman–Crippen LogP) is 1.03. The minimum Gasteiger partial charge on any atom is -0.466 e. The van der Waals surface area contributed by atoms with Gasteiger partial charge in [0.15, 0.2) is 0 Å². The summed E-state index contributed by atoms with van der Waals surface area (Å²) in [7, 11) is 1.97. The number of esters is 1. The Morgan fingerprint density at radius 3 is 2.75 bits per heavy atom. The Balaban J connectivity index is 2.73. The van der Waals surface area contributed by atoms with E-state index in [9.17, 15) is 9.90 Å². The molecule has 0 amide bonds. The Hall–Kier alpha value is -0.610. The number of hydrogen-bond donors (Lipinski definition) is 1. The van der Waals surface area contributed by atoms with Crippen molar-refractivity contribution in [2.24, 2.45) is 5.92 Å². The number of hydrogen-bond acceptors (Lipinski definition) is 4. The Labute approximate surface area is 97.6 Å². The minimum absolute atomic E-state index is 0.261. The summed E-state index contributed by atoms with van der Waals surface area (Å²) in [6, 6.07) is 0. The van der Waals surface area contributed by atoms with Crippen molar-refractivity contribution in [3.05, 3.63) is 0 Å². The number of carbonyl (C=O) groups is 1. The van der Waals surface area contributed by atoms with Crippen molar-refractivity contribution in [3.8, 4) is 0 Å². The third-order valence-electron chi connectivity index (χ3n) is 3.32. The zero-order chi connectivity index (χ0) is 12.2. The number of ether oxygens (including phenoxy) is 1. The van der Waals surface area contributed by atoms with Gasteiger partial charge in [0.2, 0.25) is 0 Å². The molecule has 1 aliphatic heterocycles. The molecule has 1 aliphatic rings. The van der Waals surface area contributed by atoms with E-state index < -0.39 is 11.5 Å². The van der Waals surface area contributed by atoms with Gasteiger partial charge >= 0.3 is 5.97 Å². The molecule has 0 spiro atoms. The molecule has 0 aliphatic carbocycles. The number of likely N-dealkylation sites (tertiary alicyclic amines) is 1. The maximum atomic E-state index is 11.8. The number of piperidine rings is 1. The van der Waals surface area contributed by atoms with Crippen molar-refractivity contribution < 1.29 is 14.6 Å². The molecule has 1 N–H and O–H groups in total. The fourth-order valence-electron chi connectivity index (χ4n) is 2.57. The monoisotopic (exact) mass is 229 g/mol. The fourth-order valence-corrected chi connectivity index (χ4v) is 2.57. The normalized spacial score (nSPS) is 28.8. The first-order valence-electron chi connectivity index (χ1n) is 6.11. The van der Waals surface area contributed by atoms with Crippen LogP contribution in [0.3, 0.4) is 0 Å². The average molecular weight is 229 g/mol. The highest BCUT2D eigenvalue weighted by molar-refractivity contribution is 5.73. The summed E-state index contributed by atoms with van der Waals surface area (Å²) in [6.07, 6.45) is 2.25. The molecule has 1 saturated heterocycles. The number of rotatable bonds is 4. The van der Waals surface area contributed by atoms with Crippen LogP contribution >= 0.6 is 0 Å². The number of nitrogens with zero attached hydrogens (tertiary/aromatic N) is 1. The Morgan fingerprint density at radius 2 is 2.25 bits per heavy atom. The highest BCUT2D eigenvalue weighted by Gasteiger charge is 2.43. The number of carbonyl (C=O) groups excluding carboxylic acids is 1. The molecular formula is C12H23NO3. The quantitative estimate of drug-likeness (QED) is 0.732. The first-order valence-corrected chi connectivity index (χ1v) is 6.11. The second-order valence-corrected chi connectivity index (χ2v) is 4.66. The Kier molecular flexibility index (Phi) is 4.74. The van der Waals surface area contributed by atoms with Gasteiger partial charge in [-0.3, -0.25) is 4.79 Å². The largest absolute Gasteiger partial charge is 0.466 e. The molecule has 1 fully saturated rings. The molecule has 16 heavy (non-hydrogen) atoms. The van der Waals surface area contributed by atoms with Crippen LogP contribution in [0.2, 0.25) is 0 Å². The van der Waals surface area contributed by atoms with Crippen LogP contribution < -0.4 is 0 Å². The lowest BCUT2D eigenvalue weighted by Crippen LogP contribution is -2.53. The predicted molar refractivity (Wildman–Crippen MR) is 62.1 cm³/mol. The van der Waals surface area contributed by atoms with Crippen LogP contribution in [0, 0.1) is 5.92 Å². The summed E-state index contributed by atoms with van der Waals surface area (Å²) in [5.41, 5.74) is -0.909. The molecule has 0 bridgehead atoms.